The van der Waals surface area contributed by atoms with E-state index in [9.17, 15) is 0 Å². The van der Waals surface area contributed by atoms with E-state index in [2.05, 4.69) is 60.9 Å². The van der Waals surface area contributed by atoms with Gasteiger partial charge in [-0.05, 0) is 0 Å². The Morgan fingerprint density at radius 2 is 1.35 bits per heavy atom. The van der Waals surface area contributed by atoms with Gasteiger partial charge in [0, 0.05) is 0 Å². The fourth-order valence-corrected chi connectivity index (χ4v) is 0.832. The molecular weight excluding hydrogens is 304 g/mol. The Morgan fingerprint density at radius 3 is 1.60 bits per heavy atom. The van der Waals surface area contributed by atoms with Crippen LogP contribution in [0.1, 0.15) is 19.8 Å². The van der Waals surface area contributed by atoms with Gasteiger partial charge in [0.05, 0.1) is 0 Å². The standard InChI is InChI=1S/C8H10O.5CO.Cr/c1-2-9-7-3-4-8-5-6-8;5*1-2;/h8H,2,5-6H2,1H3;;;;;;. The molecule has 1 saturated carbocycles. The average molecular weight is 314 g/mol. The third-order valence-corrected chi connectivity index (χ3v) is 1.57. The Kier molecular flexibility index (Phi) is 67.2. The van der Waals surface area contributed by atoms with Crippen LogP contribution in [0.5, 0.6) is 0 Å². The Balaban J connectivity index is -0.0000000639. The fraction of sp³-hybridized carbons (Fsp3) is 0.385. The molecule has 20 heavy (non-hydrogen) atoms. The molecular formula is C13H10CrO6. The minimum absolute atomic E-state index is 0.656. The van der Waals surface area contributed by atoms with Gasteiger partial charge in [0.1, 0.15) is 0 Å². The predicted octanol–water partition coefficient (Wildman–Crippen LogP) is 0.925. The van der Waals surface area contributed by atoms with Crippen molar-refractivity contribution < 1.29 is 43.8 Å². The van der Waals surface area contributed by atoms with Crippen LogP contribution in [0, 0.1) is 51.0 Å². The molecule has 0 unspecified atom stereocenters. The second-order valence-electron chi connectivity index (χ2n) is 2.26. The van der Waals surface area contributed by atoms with Crippen LogP contribution >= 0.6 is 0 Å². The van der Waals surface area contributed by atoms with E-state index in [4.69, 9.17) is 28.0 Å². The summed E-state index contributed by atoms with van der Waals surface area (Å²) < 4.78 is 43.3. The molecule has 0 aliphatic heterocycles. The van der Waals surface area contributed by atoms with Gasteiger partial charge in [0.2, 0.25) is 0 Å². The zero-order chi connectivity index (χ0) is 17.4. The van der Waals surface area contributed by atoms with Gasteiger partial charge in [-0.3, -0.25) is 0 Å². The first-order chi connectivity index (χ1) is 9.83. The first kappa shape index (κ1) is 31.2. The van der Waals surface area contributed by atoms with E-state index in [0.717, 1.165) is 4.57 Å². The van der Waals surface area contributed by atoms with E-state index >= 15 is 0 Å². The third kappa shape index (κ3) is 43.8. The van der Waals surface area contributed by atoms with Crippen molar-refractivity contribution in [1.29, 1.82) is 0 Å². The summed E-state index contributed by atoms with van der Waals surface area (Å²) in [7, 11) is 0. The van der Waals surface area contributed by atoms with Crippen molar-refractivity contribution in [3.05, 3.63) is 33.3 Å². The van der Waals surface area contributed by atoms with E-state index in [0.29, 0.717) is 12.5 Å². The summed E-state index contributed by atoms with van der Waals surface area (Å²) >= 11 is 2.78. The molecule has 0 atom stereocenters. The predicted molar refractivity (Wildman–Crippen MR) is 56.8 cm³/mol. The van der Waals surface area contributed by atoms with E-state index in [1.807, 2.05) is 6.92 Å². The topological polar surface area (TPSA) is 109 Å². The van der Waals surface area contributed by atoms with Gasteiger partial charge in [-0.15, -0.1) is 0 Å². The average Bonchev–Trinajstić information content (AvgIpc) is 3.40. The van der Waals surface area contributed by atoms with Gasteiger partial charge >= 0.3 is 126 Å². The molecule has 0 amide bonds. The quantitative estimate of drug-likeness (QED) is 0.421. The zero-order valence-corrected chi connectivity index (χ0v) is 11.8. The van der Waals surface area contributed by atoms with Gasteiger partial charge in [0.15, 0.2) is 0 Å². The summed E-state index contributed by atoms with van der Waals surface area (Å²) in [5.74, 6) is 6.69. The fourth-order valence-electron chi connectivity index (χ4n) is 0.556. The van der Waals surface area contributed by atoms with Crippen LogP contribution in [0.4, 0.5) is 0 Å². The van der Waals surface area contributed by atoms with Crippen molar-refractivity contribution in [3.8, 4) is 11.8 Å². The van der Waals surface area contributed by atoms with Gasteiger partial charge in [-0.2, -0.15) is 0 Å². The summed E-state index contributed by atoms with van der Waals surface area (Å²) in [6.07, 6.45) is 2.54. The van der Waals surface area contributed by atoms with Crippen molar-refractivity contribution in [2.24, 2.45) is 5.92 Å². The van der Waals surface area contributed by atoms with E-state index in [1.165, 1.54) is 12.8 Å². The van der Waals surface area contributed by atoms with Crippen molar-refractivity contribution in [2.75, 3.05) is 6.61 Å². The molecule has 0 aromatic heterocycles. The van der Waals surface area contributed by atoms with Crippen LogP contribution in [0.15, 0.2) is 0 Å². The number of rotatable bonds is 2. The van der Waals surface area contributed by atoms with E-state index in [1.54, 1.807) is 0 Å². The van der Waals surface area contributed by atoms with Crippen LogP contribution in [0.25, 0.3) is 0 Å². The molecule has 0 N–H and O–H groups in total. The summed E-state index contributed by atoms with van der Waals surface area (Å²) in [5.41, 5.74) is 0. The molecule has 104 valence electrons. The molecule has 7 heteroatoms. The summed E-state index contributed by atoms with van der Waals surface area (Å²) in [6, 6.07) is 0. The number of hydrogen-bond acceptors (Lipinski definition) is 1. The molecule has 0 saturated heterocycles. The normalized spacial score (nSPS) is 8.35. The second kappa shape index (κ2) is 43.2. The van der Waals surface area contributed by atoms with E-state index < -0.39 is 0 Å². The van der Waals surface area contributed by atoms with Crippen molar-refractivity contribution in [2.45, 2.75) is 19.8 Å². The molecule has 1 rings (SSSR count). The van der Waals surface area contributed by atoms with Crippen molar-refractivity contribution in [3.63, 3.8) is 0 Å². The van der Waals surface area contributed by atoms with Crippen LogP contribution < -0.4 is 0 Å². The summed E-state index contributed by atoms with van der Waals surface area (Å²) in [5, 5.41) is 0. The summed E-state index contributed by atoms with van der Waals surface area (Å²) in [6.45, 7) is 25.2. The molecule has 0 radical (unpaired) electrons. The monoisotopic (exact) mass is 314 g/mol. The zero-order valence-electron chi connectivity index (χ0n) is 10.6. The SMILES string of the molecule is CCO[C](=[Cr])C#CC1CC1.[C-]#[O+].[C-]#[O+].[C-]#[O+].[C-]#[O+].[C-]#[O+]. The van der Waals surface area contributed by atoms with E-state index in [-0.39, 0.29) is 0 Å². The second-order valence-corrected chi connectivity index (χ2v) is 2.84. The van der Waals surface area contributed by atoms with Gasteiger partial charge < -0.3 is 0 Å². The molecule has 1 fully saturated rings. The molecule has 6 nitrogen and oxygen atoms in total. The van der Waals surface area contributed by atoms with Gasteiger partial charge in [0.25, 0.3) is 0 Å². The first-order valence-corrected chi connectivity index (χ1v) is 5.17. The third-order valence-electron chi connectivity index (χ3n) is 1.23. The number of hydrogen-bond donors (Lipinski definition) is 0. The summed E-state index contributed by atoms with van der Waals surface area (Å²) in [4.78, 5) is 0. The Morgan fingerprint density at radius 1 is 1.00 bits per heavy atom. The van der Waals surface area contributed by atoms with Crippen molar-refractivity contribution >= 4 is 4.57 Å². The molecule has 0 bridgehead atoms. The van der Waals surface area contributed by atoms with Crippen LogP contribution in [-0.2, 0) is 43.8 Å². The molecule has 1 aliphatic carbocycles. The Hall–Kier alpha value is -1.38. The van der Waals surface area contributed by atoms with Crippen LogP contribution in [-0.4, -0.2) is 11.2 Å². The maximum absolute atomic E-state index is 7.50. The minimum atomic E-state index is 0.656. The van der Waals surface area contributed by atoms with Crippen LogP contribution in [0.2, 0.25) is 0 Å². The molecule has 1 aliphatic rings. The molecule has 0 aromatic carbocycles. The maximum atomic E-state index is 7.50. The molecule has 0 heterocycles. The van der Waals surface area contributed by atoms with Crippen LogP contribution in [0.3, 0.4) is 0 Å². The molecule has 0 spiro atoms. The van der Waals surface area contributed by atoms with Crippen molar-refractivity contribution in [1.82, 2.24) is 0 Å². The Labute approximate surface area is 126 Å². The first-order valence-electron chi connectivity index (χ1n) is 4.53. The number of ether oxygens (including phenoxy) is 1. The van der Waals surface area contributed by atoms with Gasteiger partial charge in [-0.1, -0.05) is 0 Å². The molecule has 0 aromatic rings. The van der Waals surface area contributed by atoms with Gasteiger partial charge in [-0.25, -0.2) is 0 Å². The Bertz CT molecular complexity index is 327.